The zero-order valence-corrected chi connectivity index (χ0v) is 14.4. The van der Waals surface area contributed by atoms with Crippen molar-refractivity contribution in [2.45, 2.75) is 12.4 Å². The summed E-state index contributed by atoms with van der Waals surface area (Å²) in [7, 11) is 0. The summed E-state index contributed by atoms with van der Waals surface area (Å²) in [6.45, 7) is -2.81. The number of hydrogen-bond donors (Lipinski definition) is 0. The van der Waals surface area contributed by atoms with Crippen molar-refractivity contribution in [3.63, 3.8) is 0 Å². The molecule has 0 amide bonds. The van der Waals surface area contributed by atoms with E-state index in [1.165, 1.54) is 48.5 Å². The highest BCUT2D eigenvalue weighted by Gasteiger charge is 2.29. The van der Waals surface area contributed by atoms with Gasteiger partial charge in [0.15, 0.2) is 13.2 Å². The molecule has 1 aromatic heterocycles. The average molecular weight is 418 g/mol. The van der Waals surface area contributed by atoms with Gasteiger partial charge < -0.3 is 13.9 Å². The van der Waals surface area contributed by atoms with Crippen LogP contribution < -0.4 is 9.47 Å². The molecule has 1 heterocycles. The third-order valence-electron chi connectivity index (χ3n) is 3.43. The van der Waals surface area contributed by atoms with Crippen molar-refractivity contribution in [2.24, 2.45) is 0 Å². The number of aromatic nitrogens is 2. The minimum Gasteiger partial charge on any atom is -0.484 e. The van der Waals surface area contributed by atoms with Gasteiger partial charge in [0.1, 0.15) is 11.5 Å². The lowest BCUT2D eigenvalue weighted by molar-refractivity contribution is -0.154. The highest BCUT2D eigenvalue weighted by molar-refractivity contribution is 5.59. The Morgan fingerprint density at radius 1 is 0.621 bits per heavy atom. The number of ether oxygens (including phenoxy) is 2. The minimum atomic E-state index is -4.44. The molecule has 0 aliphatic carbocycles. The summed E-state index contributed by atoms with van der Waals surface area (Å²) in [5.74, 6) is 0.278. The van der Waals surface area contributed by atoms with Gasteiger partial charge in [-0.25, -0.2) is 0 Å². The van der Waals surface area contributed by atoms with Crippen LogP contribution in [0.25, 0.3) is 22.9 Å². The Kier molecular flexibility index (Phi) is 5.66. The van der Waals surface area contributed by atoms with E-state index in [1.807, 2.05) is 0 Å². The van der Waals surface area contributed by atoms with Crippen LogP contribution in [0, 0.1) is 0 Å². The summed E-state index contributed by atoms with van der Waals surface area (Å²) in [6.07, 6.45) is -8.87. The van der Waals surface area contributed by atoms with Crippen molar-refractivity contribution < 1.29 is 40.2 Å². The van der Waals surface area contributed by atoms with Gasteiger partial charge in [-0.1, -0.05) is 0 Å². The quantitative estimate of drug-likeness (QED) is 0.510. The average Bonchev–Trinajstić information content (AvgIpc) is 3.14. The summed E-state index contributed by atoms with van der Waals surface area (Å²) in [6, 6.07) is 11.1. The molecule has 0 saturated heterocycles. The molecule has 0 aliphatic heterocycles. The fourth-order valence-corrected chi connectivity index (χ4v) is 2.17. The molecule has 0 unspecified atom stereocenters. The van der Waals surface area contributed by atoms with Crippen LogP contribution in [0.5, 0.6) is 11.5 Å². The Morgan fingerprint density at radius 3 is 1.28 bits per heavy atom. The fourth-order valence-electron chi connectivity index (χ4n) is 2.17. The first-order chi connectivity index (χ1) is 13.6. The van der Waals surface area contributed by atoms with Gasteiger partial charge in [0.2, 0.25) is 11.8 Å². The third kappa shape index (κ3) is 6.13. The predicted octanol–water partition coefficient (Wildman–Crippen LogP) is 5.29. The zero-order chi connectivity index (χ0) is 21.1. The molecule has 0 fully saturated rings. The molecule has 0 saturated carbocycles. The highest BCUT2D eigenvalue weighted by atomic mass is 19.4. The third-order valence-corrected chi connectivity index (χ3v) is 3.43. The molecule has 2 aromatic carbocycles. The molecule has 11 heteroatoms. The van der Waals surface area contributed by atoms with E-state index in [-0.39, 0.29) is 23.3 Å². The van der Waals surface area contributed by atoms with Gasteiger partial charge in [-0.05, 0) is 48.5 Å². The van der Waals surface area contributed by atoms with Crippen molar-refractivity contribution in [3.8, 4) is 34.4 Å². The van der Waals surface area contributed by atoms with Crippen LogP contribution in [0.15, 0.2) is 52.9 Å². The van der Waals surface area contributed by atoms with Gasteiger partial charge in [0.25, 0.3) is 0 Å². The molecule has 0 radical (unpaired) electrons. The number of hydrogen-bond acceptors (Lipinski definition) is 5. The van der Waals surface area contributed by atoms with Crippen molar-refractivity contribution in [1.82, 2.24) is 10.2 Å². The summed E-state index contributed by atoms with van der Waals surface area (Å²) in [5.41, 5.74) is 0.904. The zero-order valence-electron chi connectivity index (χ0n) is 14.4. The van der Waals surface area contributed by atoms with Gasteiger partial charge in [-0.15, -0.1) is 10.2 Å². The predicted molar refractivity (Wildman–Crippen MR) is 88.3 cm³/mol. The van der Waals surface area contributed by atoms with E-state index < -0.39 is 25.6 Å². The molecule has 29 heavy (non-hydrogen) atoms. The van der Waals surface area contributed by atoms with Crippen molar-refractivity contribution in [1.29, 1.82) is 0 Å². The van der Waals surface area contributed by atoms with Crippen molar-refractivity contribution >= 4 is 0 Å². The molecule has 0 aliphatic rings. The Bertz CT molecular complexity index is 858. The van der Waals surface area contributed by atoms with E-state index in [2.05, 4.69) is 19.7 Å². The summed E-state index contributed by atoms with van der Waals surface area (Å²) in [4.78, 5) is 0. The molecule has 0 bridgehead atoms. The van der Waals surface area contributed by atoms with Crippen LogP contribution in [-0.2, 0) is 0 Å². The first kappa shape index (κ1) is 20.5. The fraction of sp³-hybridized carbons (Fsp3) is 0.222. The summed E-state index contributed by atoms with van der Waals surface area (Å²) in [5, 5.41) is 7.70. The maximum absolute atomic E-state index is 12.2. The molecular weight excluding hydrogens is 406 g/mol. The lowest BCUT2D eigenvalue weighted by atomic mass is 10.2. The van der Waals surface area contributed by atoms with E-state index >= 15 is 0 Å². The van der Waals surface area contributed by atoms with Crippen LogP contribution in [0.4, 0.5) is 26.3 Å². The van der Waals surface area contributed by atoms with Gasteiger partial charge in [0.05, 0.1) is 0 Å². The van der Waals surface area contributed by atoms with E-state index in [4.69, 9.17) is 4.42 Å². The topological polar surface area (TPSA) is 57.4 Å². The molecule has 0 atom stereocenters. The Morgan fingerprint density at radius 2 is 0.966 bits per heavy atom. The molecule has 3 aromatic rings. The monoisotopic (exact) mass is 418 g/mol. The van der Waals surface area contributed by atoms with Gasteiger partial charge in [0, 0.05) is 11.1 Å². The smallest absolute Gasteiger partial charge is 0.422 e. The van der Waals surface area contributed by atoms with Crippen LogP contribution in [0.2, 0.25) is 0 Å². The van der Waals surface area contributed by atoms with Crippen LogP contribution >= 0.6 is 0 Å². The molecule has 3 rings (SSSR count). The minimum absolute atomic E-state index is 0.0280. The van der Waals surface area contributed by atoms with E-state index in [1.54, 1.807) is 0 Å². The van der Waals surface area contributed by atoms with Crippen LogP contribution in [-0.4, -0.2) is 35.8 Å². The van der Waals surface area contributed by atoms with E-state index in [9.17, 15) is 26.3 Å². The van der Waals surface area contributed by atoms with Crippen molar-refractivity contribution in [3.05, 3.63) is 48.5 Å². The molecule has 154 valence electrons. The number of halogens is 6. The molecule has 0 spiro atoms. The second kappa shape index (κ2) is 8.02. The summed E-state index contributed by atoms with van der Waals surface area (Å²) >= 11 is 0. The maximum atomic E-state index is 12.2. The van der Waals surface area contributed by atoms with Gasteiger partial charge in [-0.3, -0.25) is 0 Å². The number of rotatable bonds is 6. The molecular formula is C18H12F6N2O3. The Hall–Kier alpha value is -3.24. The van der Waals surface area contributed by atoms with Gasteiger partial charge in [-0.2, -0.15) is 26.3 Å². The summed E-state index contributed by atoms with van der Waals surface area (Å²) < 4.78 is 87.6. The van der Waals surface area contributed by atoms with E-state index in [0.29, 0.717) is 11.1 Å². The van der Waals surface area contributed by atoms with Crippen molar-refractivity contribution in [2.75, 3.05) is 13.2 Å². The normalized spacial score (nSPS) is 12.1. The van der Waals surface area contributed by atoms with Crippen LogP contribution in [0.3, 0.4) is 0 Å². The first-order valence-electron chi connectivity index (χ1n) is 8.02. The number of alkyl halides is 6. The maximum Gasteiger partial charge on any atom is 0.422 e. The molecule has 5 nitrogen and oxygen atoms in total. The highest BCUT2D eigenvalue weighted by Crippen LogP contribution is 2.27. The lowest BCUT2D eigenvalue weighted by Crippen LogP contribution is -2.19. The molecule has 0 N–H and O–H groups in total. The second-order valence-electron chi connectivity index (χ2n) is 5.77. The van der Waals surface area contributed by atoms with E-state index in [0.717, 1.165) is 0 Å². The Labute approximate surface area is 159 Å². The largest absolute Gasteiger partial charge is 0.484 e. The second-order valence-corrected chi connectivity index (χ2v) is 5.77. The first-order valence-corrected chi connectivity index (χ1v) is 8.02. The number of nitrogens with zero attached hydrogens (tertiary/aromatic N) is 2. The van der Waals surface area contributed by atoms with Crippen LogP contribution in [0.1, 0.15) is 0 Å². The number of benzene rings is 2. The lowest BCUT2D eigenvalue weighted by Gasteiger charge is -2.09. The Balaban J connectivity index is 1.66. The van der Waals surface area contributed by atoms with Gasteiger partial charge >= 0.3 is 12.4 Å². The SMILES string of the molecule is FC(F)(F)COc1ccc(-c2nnc(-c3ccc(OCC(F)(F)F)cc3)o2)cc1. The standard InChI is InChI=1S/C18H12F6N2O3/c19-17(20,21)9-27-13-5-1-11(2-6-13)15-25-26-16(29-15)12-3-7-14(8-4-12)28-10-18(22,23)24/h1-8H,9-10H2.